The number of carbonyl (C=O) groups excluding carboxylic acids is 1. The number of carbonyl (C=O) groups is 2. The lowest BCUT2D eigenvalue weighted by Crippen LogP contribution is -2.39. The zero-order valence-corrected chi connectivity index (χ0v) is 20.4. The Labute approximate surface area is 215 Å². The smallest absolute Gasteiger partial charge is 0.344 e. The van der Waals surface area contributed by atoms with E-state index in [0.717, 1.165) is 25.3 Å². The van der Waals surface area contributed by atoms with Crippen molar-refractivity contribution in [3.8, 4) is 11.3 Å². The molecule has 2 aliphatic carbocycles. The van der Waals surface area contributed by atoms with Gasteiger partial charge in [0.25, 0.3) is 0 Å². The summed E-state index contributed by atoms with van der Waals surface area (Å²) in [5.41, 5.74) is 1.25. The number of carboxylic acids is 1. The first-order valence-electron chi connectivity index (χ1n) is 11.8. The van der Waals surface area contributed by atoms with Crippen LogP contribution in [0.2, 0.25) is 10.0 Å². The Morgan fingerprint density at radius 3 is 2.50 bits per heavy atom. The molecule has 6 rings (SSSR count). The van der Waals surface area contributed by atoms with Crippen LogP contribution in [-0.2, 0) is 4.74 Å². The van der Waals surface area contributed by atoms with Crippen molar-refractivity contribution >= 4 is 40.8 Å². The van der Waals surface area contributed by atoms with Gasteiger partial charge in [0.1, 0.15) is 23.2 Å². The van der Waals surface area contributed by atoms with Gasteiger partial charge in [-0.25, -0.2) is 14.0 Å². The van der Waals surface area contributed by atoms with Crippen LogP contribution >= 0.6 is 23.2 Å². The molecule has 0 radical (unpaired) electrons. The fraction of sp³-hybridized carbons (Fsp3) is 0.346. The van der Waals surface area contributed by atoms with E-state index in [9.17, 15) is 14.0 Å². The van der Waals surface area contributed by atoms with Crippen LogP contribution in [0.25, 0.3) is 11.3 Å². The van der Waals surface area contributed by atoms with Crippen molar-refractivity contribution in [3.05, 3.63) is 69.1 Å². The van der Waals surface area contributed by atoms with E-state index in [1.165, 1.54) is 12.1 Å². The summed E-state index contributed by atoms with van der Waals surface area (Å²) in [6, 6.07) is 8.99. The van der Waals surface area contributed by atoms with Gasteiger partial charge in [-0.05, 0) is 49.6 Å². The number of fused-ring (bicyclic) bond motifs is 2. The molecule has 2 aromatic carbocycles. The molecule has 3 fully saturated rings. The molecule has 3 aromatic rings. The molecule has 0 unspecified atom stereocenters. The maximum atomic E-state index is 14.6. The van der Waals surface area contributed by atoms with Crippen LogP contribution in [0.15, 0.2) is 40.9 Å². The molecule has 186 valence electrons. The monoisotopic (exact) mass is 530 g/mol. The number of hydrogen-bond acceptors (Lipinski definition) is 6. The molecule has 1 N–H and O–H groups in total. The maximum absolute atomic E-state index is 14.6. The number of nitrogens with zero attached hydrogens (tertiary/aromatic N) is 2. The first-order chi connectivity index (χ1) is 17.3. The summed E-state index contributed by atoms with van der Waals surface area (Å²) in [6.07, 6.45) is 2.76. The van der Waals surface area contributed by atoms with Gasteiger partial charge in [0.15, 0.2) is 5.76 Å². The lowest BCUT2D eigenvalue weighted by Gasteiger charge is -2.33. The van der Waals surface area contributed by atoms with Crippen molar-refractivity contribution in [2.24, 2.45) is 5.92 Å². The van der Waals surface area contributed by atoms with Crippen LogP contribution in [0.4, 0.5) is 10.1 Å². The minimum Gasteiger partial charge on any atom is -0.478 e. The zero-order chi connectivity index (χ0) is 25.1. The summed E-state index contributed by atoms with van der Waals surface area (Å²) in [6.45, 7) is 0.508. The van der Waals surface area contributed by atoms with E-state index in [1.54, 1.807) is 18.2 Å². The number of esters is 1. The third-order valence-corrected chi connectivity index (χ3v) is 7.94. The number of piperidine rings is 1. The highest BCUT2D eigenvalue weighted by atomic mass is 35.5. The molecule has 1 aromatic heterocycles. The molecule has 1 saturated heterocycles. The Bertz CT molecular complexity index is 1370. The van der Waals surface area contributed by atoms with E-state index in [4.69, 9.17) is 37.6 Å². The fourth-order valence-electron chi connectivity index (χ4n) is 5.43. The van der Waals surface area contributed by atoms with Crippen molar-refractivity contribution in [2.45, 2.75) is 43.7 Å². The first kappa shape index (κ1) is 23.3. The minimum atomic E-state index is -1.17. The molecule has 3 atom stereocenters. The van der Waals surface area contributed by atoms with Crippen LogP contribution in [0, 0.1) is 11.7 Å². The number of anilines is 1. The Kier molecular flexibility index (Phi) is 5.68. The minimum absolute atomic E-state index is 0.0131. The summed E-state index contributed by atoms with van der Waals surface area (Å²) in [5, 5.41) is 14.0. The number of carboxylic acid groups (broad SMARTS) is 1. The molecule has 2 saturated carbocycles. The van der Waals surface area contributed by atoms with Gasteiger partial charge in [-0.15, -0.1) is 0 Å². The van der Waals surface area contributed by atoms with Crippen molar-refractivity contribution in [1.29, 1.82) is 0 Å². The molecular weight excluding hydrogens is 510 g/mol. The molecular formula is C26H21Cl2FN2O5. The number of aromatic carboxylic acids is 1. The second kappa shape index (κ2) is 8.78. The summed E-state index contributed by atoms with van der Waals surface area (Å²) < 4.78 is 26.2. The molecule has 2 bridgehead atoms. The summed E-state index contributed by atoms with van der Waals surface area (Å²) in [5.74, 6) is -1.64. The quantitative estimate of drug-likeness (QED) is 0.380. The highest BCUT2D eigenvalue weighted by Gasteiger charge is 2.48. The highest BCUT2D eigenvalue weighted by molar-refractivity contribution is 6.39. The average Bonchev–Trinajstić information content (AvgIpc) is 3.28. The number of ether oxygens (including phenoxy) is 1. The molecule has 3 aliphatic rings. The zero-order valence-electron chi connectivity index (χ0n) is 18.9. The summed E-state index contributed by atoms with van der Waals surface area (Å²) >= 11 is 12.8. The van der Waals surface area contributed by atoms with Crippen molar-refractivity contribution < 1.29 is 28.3 Å². The molecule has 0 amide bonds. The van der Waals surface area contributed by atoms with E-state index < -0.39 is 17.8 Å². The third kappa shape index (κ3) is 3.92. The Morgan fingerprint density at radius 1 is 1.14 bits per heavy atom. The SMILES string of the molecule is O=C(O)c1ccc(N2C[C@@H]3C[C@H]2C[C@H]3OC(=O)c2c(-c3c(Cl)cccc3Cl)noc2C2CC2)c(F)c1. The standard InChI is InChI=1S/C26H21Cl2FN2O5/c27-16-2-1-3-17(28)21(16)23-22(24(36-30-23)12-4-5-12)26(34)35-20-10-15-8-14(20)11-31(15)19-7-6-13(25(32)33)9-18(19)29/h1-3,6-7,9,12,14-15,20H,4-5,8,10-11H2,(H,32,33)/t14-,15-,20+/m0/s1. The number of rotatable bonds is 6. The van der Waals surface area contributed by atoms with Gasteiger partial charge in [-0.1, -0.05) is 34.4 Å². The second-order valence-corrected chi connectivity index (χ2v) is 10.4. The predicted octanol–water partition coefficient (Wildman–Crippen LogP) is 6.19. The lowest BCUT2D eigenvalue weighted by molar-refractivity contribution is 0.0191. The summed E-state index contributed by atoms with van der Waals surface area (Å²) in [4.78, 5) is 26.5. The highest BCUT2D eigenvalue weighted by Crippen LogP contribution is 2.47. The van der Waals surface area contributed by atoms with Crippen LogP contribution < -0.4 is 4.90 Å². The maximum Gasteiger partial charge on any atom is 0.344 e. The topological polar surface area (TPSA) is 92.9 Å². The van der Waals surface area contributed by atoms with Gasteiger partial charge in [-0.2, -0.15) is 0 Å². The molecule has 7 nitrogen and oxygen atoms in total. The largest absolute Gasteiger partial charge is 0.478 e. The van der Waals surface area contributed by atoms with E-state index >= 15 is 0 Å². The number of hydrogen-bond donors (Lipinski definition) is 1. The number of aromatic nitrogens is 1. The van der Waals surface area contributed by atoms with Gasteiger partial charge >= 0.3 is 11.9 Å². The van der Waals surface area contributed by atoms with Gasteiger partial charge in [0.2, 0.25) is 0 Å². The normalized spacial score (nSPS) is 22.8. The Morgan fingerprint density at radius 2 is 1.89 bits per heavy atom. The Hall–Kier alpha value is -3.10. The molecule has 1 aliphatic heterocycles. The van der Waals surface area contributed by atoms with Crippen LogP contribution in [-0.4, -0.2) is 40.9 Å². The van der Waals surface area contributed by atoms with Crippen molar-refractivity contribution in [1.82, 2.24) is 5.16 Å². The van der Waals surface area contributed by atoms with E-state index in [-0.39, 0.29) is 40.8 Å². The predicted molar refractivity (Wildman–Crippen MR) is 130 cm³/mol. The van der Waals surface area contributed by atoms with Crippen LogP contribution in [0.1, 0.15) is 58.1 Å². The lowest BCUT2D eigenvalue weighted by atomic mass is 10.0. The third-order valence-electron chi connectivity index (χ3n) is 7.31. The average molecular weight is 531 g/mol. The van der Waals surface area contributed by atoms with Crippen molar-refractivity contribution in [2.75, 3.05) is 11.4 Å². The molecule has 2 heterocycles. The summed E-state index contributed by atoms with van der Waals surface area (Å²) in [7, 11) is 0. The van der Waals surface area contributed by atoms with Crippen LogP contribution in [0.3, 0.4) is 0 Å². The molecule has 10 heteroatoms. The molecule has 36 heavy (non-hydrogen) atoms. The number of benzene rings is 2. The first-order valence-corrected chi connectivity index (χ1v) is 12.5. The van der Waals surface area contributed by atoms with E-state index in [1.807, 2.05) is 4.90 Å². The number of halogens is 3. The van der Waals surface area contributed by atoms with Crippen molar-refractivity contribution in [3.63, 3.8) is 0 Å². The fourth-order valence-corrected chi connectivity index (χ4v) is 6.01. The van der Waals surface area contributed by atoms with Gasteiger partial charge in [-0.3, -0.25) is 0 Å². The second-order valence-electron chi connectivity index (χ2n) is 9.59. The van der Waals surface area contributed by atoms with E-state index in [0.29, 0.717) is 40.0 Å². The molecule has 0 spiro atoms. The van der Waals surface area contributed by atoms with Gasteiger partial charge in [0.05, 0.1) is 21.3 Å². The van der Waals surface area contributed by atoms with Gasteiger partial charge < -0.3 is 19.3 Å². The van der Waals surface area contributed by atoms with Gasteiger partial charge in [0, 0.05) is 36.4 Å². The van der Waals surface area contributed by atoms with Crippen LogP contribution in [0.5, 0.6) is 0 Å². The van der Waals surface area contributed by atoms with E-state index in [2.05, 4.69) is 5.16 Å². The Balaban J connectivity index is 1.23.